The van der Waals surface area contributed by atoms with Gasteiger partial charge in [-0.15, -0.1) is 0 Å². The highest BCUT2D eigenvalue weighted by Crippen LogP contribution is 2.43. The second-order valence-electron chi connectivity index (χ2n) is 9.75. The van der Waals surface area contributed by atoms with E-state index < -0.39 is 48.2 Å². The molecule has 0 radical (unpaired) electrons. The van der Waals surface area contributed by atoms with Crippen LogP contribution in [0.25, 0.3) is 0 Å². The Kier molecular flexibility index (Phi) is 9.37. The summed E-state index contributed by atoms with van der Waals surface area (Å²) in [5.41, 5.74) is 0.556. The molecule has 42 heavy (non-hydrogen) atoms. The number of amidine groups is 1. The van der Waals surface area contributed by atoms with Crippen LogP contribution in [0, 0.1) is 0 Å². The highest BCUT2D eigenvalue weighted by molar-refractivity contribution is 8.14. The lowest BCUT2D eigenvalue weighted by molar-refractivity contribution is -0.276. The van der Waals surface area contributed by atoms with Gasteiger partial charge < -0.3 is 24.1 Å². The SMILES string of the molecule is CN(C(=O)O)C1=N[C@@H]2[C@@H](OCc3ccccc3)[C@H](OCc3ccccc3)[C@@H]([C@@H](Oc3ccccc3)C(F)(F)F)O[C@@H]2S1. The number of thioether (sulfide) groups is 1. The largest absolute Gasteiger partial charge is 0.478 e. The summed E-state index contributed by atoms with van der Waals surface area (Å²) in [7, 11) is 1.31. The van der Waals surface area contributed by atoms with Gasteiger partial charge in [0.15, 0.2) is 5.17 Å². The van der Waals surface area contributed by atoms with Crippen molar-refractivity contribution >= 4 is 23.0 Å². The van der Waals surface area contributed by atoms with E-state index in [4.69, 9.17) is 18.9 Å². The predicted molar refractivity (Wildman–Crippen MR) is 150 cm³/mol. The van der Waals surface area contributed by atoms with Crippen molar-refractivity contribution in [3.8, 4) is 5.75 Å². The Labute approximate surface area is 245 Å². The van der Waals surface area contributed by atoms with E-state index in [2.05, 4.69) is 4.99 Å². The Morgan fingerprint density at radius 3 is 1.98 bits per heavy atom. The number of halogens is 3. The molecule has 0 aliphatic carbocycles. The minimum Gasteiger partial charge on any atom is -0.478 e. The van der Waals surface area contributed by atoms with Gasteiger partial charge >= 0.3 is 12.3 Å². The predicted octanol–water partition coefficient (Wildman–Crippen LogP) is 5.97. The molecule has 2 heterocycles. The number of para-hydroxylation sites is 1. The summed E-state index contributed by atoms with van der Waals surface area (Å²) in [5.74, 6) is 0.00994. The van der Waals surface area contributed by atoms with E-state index in [1.54, 1.807) is 42.5 Å². The number of amides is 1. The molecule has 5 rings (SSSR count). The summed E-state index contributed by atoms with van der Waals surface area (Å²) in [5, 5.41) is 9.62. The van der Waals surface area contributed by atoms with Gasteiger partial charge in [-0.2, -0.15) is 13.2 Å². The third kappa shape index (κ3) is 7.06. The Hall–Kier alpha value is -3.58. The number of benzene rings is 3. The van der Waals surface area contributed by atoms with Crippen molar-refractivity contribution < 1.29 is 42.0 Å². The first-order chi connectivity index (χ1) is 20.2. The summed E-state index contributed by atoms with van der Waals surface area (Å²) in [6.07, 6.45) is -12.5. The number of carboxylic acid groups (broad SMARTS) is 1. The van der Waals surface area contributed by atoms with Crippen molar-refractivity contribution in [1.29, 1.82) is 0 Å². The zero-order valence-corrected chi connectivity index (χ0v) is 23.3. The van der Waals surface area contributed by atoms with Gasteiger partial charge in [-0.05, 0) is 23.3 Å². The van der Waals surface area contributed by atoms with Gasteiger partial charge in [-0.25, -0.2) is 4.79 Å². The van der Waals surface area contributed by atoms with Gasteiger partial charge in [0.25, 0.3) is 0 Å². The average molecular weight is 603 g/mol. The molecule has 222 valence electrons. The van der Waals surface area contributed by atoms with Crippen LogP contribution in [-0.2, 0) is 27.4 Å². The molecule has 1 N–H and O–H groups in total. The summed E-state index contributed by atoms with van der Waals surface area (Å²) < 4.78 is 68.3. The normalized spacial score (nSPS) is 24.4. The van der Waals surface area contributed by atoms with Crippen LogP contribution in [0.5, 0.6) is 5.75 Å². The molecule has 1 fully saturated rings. The quantitative estimate of drug-likeness (QED) is 0.323. The van der Waals surface area contributed by atoms with Crippen molar-refractivity contribution in [3.05, 3.63) is 102 Å². The molecule has 6 atom stereocenters. The average Bonchev–Trinajstić information content (AvgIpc) is 3.42. The zero-order chi connectivity index (χ0) is 29.7. The molecular weight excluding hydrogens is 573 g/mol. The minimum absolute atomic E-state index is 0.00994. The van der Waals surface area contributed by atoms with Gasteiger partial charge in [0.1, 0.15) is 35.5 Å². The maximum absolute atomic E-state index is 14.7. The van der Waals surface area contributed by atoms with E-state index in [0.29, 0.717) is 0 Å². The smallest absolute Gasteiger partial charge is 0.428 e. The molecule has 1 amide bonds. The molecule has 0 bridgehead atoms. The first-order valence-electron chi connectivity index (χ1n) is 13.2. The zero-order valence-electron chi connectivity index (χ0n) is 22.5. The third-order valence-electron chi connectivity index (χ3n) is 6.81. The van der Waals surface area contributed by atoms with Gasteiger partial charge in [-0.3, -0.25) is 9.89 Å². The number of hydrogen-bond acceptors (Lipinski definition) is 7. The number of rotatable bonds is 9. The molecule has 1 saturated heterocycles. The van der Waals surface area contributed by atoms with Crippen molar-refractivity contribution in [2.24, 2.45) is 4.99 Å². The Morgan fingerprint density at radius 2 is 1.45 bits per heavy atom. The molecule has 0 unspecified atom stereocenters. The lowest BCUT2D eigenvalue weighted by Crippen LogP contribution is -2.63. The van der Waals surface area contributed by atoms with Crippen LogP contribution < -0.4 is 4.74 Å². The number of aliphatic imine (C=N–C) groups is 1. The maximum atomic E-state index is 14.7. The van der Waals surface area contributed by atoms with E-state index in [9.17, 15) is 23.1 Å². The molecule has 8 nitrogen and oxygen atoms in total. The van der Waals surface area contributed by atoms with Crippen molar-refractivity contribution in [1.82, 2.24) is 4.90 Å². The van der Waals surface area contributed by atoms with Gasteiger partial charge in [0.2, 0.25) is 6.10 Å². The van der Waals surface area contributed by atoms with E-state index in [1.165, 1.54) is 19.2 Å². The summed E-state index contributed by atoms with van der Waals surface area (Å²) in [6, 6.07) is 25.0. The van der Waals surface area contributed by atoms with Crippen LogP contribution >= 0.6 is 11.8 Å². The molecule has 2 aliphatic heterocycles. The number of ether oxygens (including phenoxy) is 4. The standard InChI is InChI=1S/C30H29F3N2O6S/c1-35(29(36)37)28-34-22-23(38-17-19-11-5-2-6-12-19)24(39-18-20-13-7-3-8-14-20)25(41-27(22)42-28)26(30(31,32)33)40-21-15-9-4-10-16-21/h2-16,22-27H,17-18H2,1H3,(H,36,37)/t22-,23-,24+,25+,26-,27-/m1/s1. The van der Waals surface area contributed by atoms with E-state index >= 15 is 0 Å². The molecular formula is C30H29F3N2O6S. The fourth-order valence-electron chi connectivity index (χ4n) is 4.72. The minimum atomic E-state index is -4.85. The van der Waals surface area contributed by atoms with Crippen LogP contribution in [-0.4, -0.2) is 70.4 Å². The monoisotopic (exact) mass is 602 g/mol. The molecule has 12 heteroatoms. The number of hydrogen-bond donors (Lipinski definition) is 1. The van der Waals surface area contributed by atoms with Crippen molar-refractivity contribution in [3.63, 3.8) is 0 Å². The molecule has 0 saturated carbocycles. The lowest BCUT2D eigenvalue weighted by Gasteiger charge is -2.45. The fourth-order valence-corrected chi connectivity index (χ4v) is 5.88. The first kappa shape index (κ1) is 29.9. The highest BCUT2D eigenvalue weighted by atomic mass is 32.2. The van der Waals surface area contributed by atoms with Gasteiger partial charge in [-0.1, -0.05) is 90.6 Å². The molecule has 3 aromatic carbocycles. The topological polar surface area (TPSA) is 89.8 Å². The summed E-state index contributed by atoms with van der Waals surface area (Å²) in [6.45, 7) is 0.0375. The number of fused-ring (bicyclic) bond motifs is 1. The summed E-state index contributed by atoms with van der Waals surface area (Å²) >= 11 is 0.925. The number of carbonyl (C=O) groups is 1. The first-order valence-corrected chi connectivity index (χ1v) is 14.0. The number of alkyl halides is 3. The number of nitrogens with zero attached hydrogens (tertiary/aromatic N) is 2. The van der Waals surface area contributed by atoms with Gasteiger partial charge in [0, 0.05) is 7.05 Å². The second-order valence-corrected chi connectivity index (χ2v) is 10.8. The van der Waals surface area contributed by atoms with E-state index in [0.717, 1.165) is 27.8 Å². The molecule has 0 spiro atoms. The maximum Gasteiger partial charge on any atom is 0.428 e. The van der Waals surface area contributed by atoms with Crippen LogP contribution in [0.15, 0.2) is 96.0 Å². The lowest BCUT2D eigenvalue weighted by atomic mass is 9.93. The fraction of sp³-hybridized carbons (Fsp3) is 0.333. The van der Waals surface area contributed by atoms with Crippen molar-refractivity contribution in [2.75, 3.05) is 7.05 Å². The van der Waals surface area contributed by atoms with Crippen LogP contribution in [0.2, 0.25) is 0 Å². The van der Waals surface area contributed by atoms with Crippen LogP contribution in [0.4, 0.5) is 18.0 Å². The highest BCUT2D eigenvalue weighted by Gasteiger charge is 2.59. The Morgan fingerprint density at radius 1 is 0.929 bits per heavy atom. The van der Waals surface area contributed by atoms with Crippen molar-refractivity contribution in [2.45, 2.75) is 55.3 Å². The van der Waals surface area contributed by atoms with Gasteiger partial charge in [0.05, 0.1) is 13.2 Å². The molecule has 3 aromatic rings. The van der Waals surface area contributed by atoms with E-state index in [-0.39, 0.29) is 24.1 Å². The van der Waals surface area contributed by atoms with Crippen LogP contribution in [0.1, 0.15) is 11.1 Å². The van der Waals surface area contributed by atoms with E-state index in [1.807, 2.05) is 36.4 Å². The summed E-state index contributed by atoms with van der Waals surface area (Å²) in [4.78, 5) is 17.1. The Balaban J connectivity index is 1.53. The van der Waals surface area contributed by atoms with Crippen LogP contribution in [0.3, 0.4) is 0 Å². The third-order valence-corrected chi connectivity index (χ3v) is 8.02. The molecule has 0 aromatic heterocycles. The second kappa shape index (κ2) is 13.2. The molecule has 2 aliphatic rings. The Bertz CT molecular complexity index is 1350.